The largest absolute Gasteiger partial charge is 0.370 e. The van der Waals surface area contributed by atoms with E-state index in [2.05, 4.69) is 23.8 Å². The maximum atomic E-state index is 5.73. The summed E-state index contributed by atoms with van der Waals surface area (Å²) in [6, 6.07) is 0. The number of aromatic amines is 1. The summed E-state index contributed by atoms with van der Waals surface area (Å²) in [5, 5.41) is 0. The van der Waals surface area contributed by atoms with Gasteiger partial charge in [-0.3, -0.25) is 0 Å². The number of ether oxygens (including phenoxy) is 1. The molecule has 1 aromatic heterocycles. The summed E-state index contributed by atoms with van der Waals surface area (Å²) in [6.07, 6.45) is 6.41. The molecule has 0 aliphatic heterocycles. The lowest BCUT2D eigenvalue weighted by Gasteiger charge is -2.30. The molecule has 0 aromatic carbocycles. The van der Waals surface area contributed by atoms with Crippen LogP contribution in [0.2, 0.25) is 0 Å². The van der Waals surface area contributed by atoms with E-state index in [1.807, 2.05) is 0 Å². The molecule has 18 heavy (non-hydrogen) atoms. The SMILES string of the molecule is CCC(CC)(OC)c1nc(=S)c2c([nH]1)CCCC2. The van der Waals surface area contributed by atoms with Crippen LogP contribution in [0, 0.1) is 4.64 Å². The van der Waals surface area contributed by atoms with Crippen LogP contribution in [0.4, 0.5) is 0 Å². The van der Waals surface area contributed by atoms with Crippen LogP contribution in [0.3, 0.4) is 0 Å². The molecule has 1 aliphatic carbocycles. The third-order valence-electron chi connectivity index (χ3n) is 4.17. The Labute approximate surface area is 114 Å². The Kier molecular flexibility index (Phi) is 4.17. The number of hydrogen-bond acceptors (Lipinski definition) is 3. The fourth-order valence-electron chi connectivity index (χ4n) is 2.81. The Morgan fingerprint density at radius 3 is 2.56 bits per heavy atom. The summed E-state index contributed by atoms with van der Waals surface area (Å²) < 4.78 is 6.49. The van der Waals surface area contributed by atoms with Gasteiger partial charge in [0.05, 0.1) is 0 Å². The van der Waals surface area contributed by atoms with Crippen LogP contribution >= 0.6 is 12.2 Å². The van der Waals surface area contributed by atoms with Crippen molar-refractivity contribution in [1.82, 2.24) is 9.97 Å². The molecule has 3 nitrogen and oxygen atoms in total. The molecule has 0 amide bonds. The van der Waals surface area contributed by atoms with Crippen molar-refractivity contribution in [3.8, 4) is 0 Å². The number of rotatable bonds is 4. The summed E-state index contributed by atoms with van der Waals surface area (Å²) in [7, 11) is 1.75. The second-order valence-electron chi connectivity index (χ2n) is 4.96. The van der Waals surface area contributed by atoms with Crippen LogP contribution in [0.5, 0.6) is 0 Å². The van der Waals surface area contributed by atoms with Crippen LogP contribution in [-0.2, 0) is 23.2 Å². The molecule has 100 valence electrons. The molecule has 4 heteroatoms. The highest BCUT2D eigenvalue weighted by Gasteiger charge is 2.31. The number of aromatic nitrogens is 2. The molecule has 0 radical (unpaired) electrons. The molecule has 0 unspecified atom stereocenters. The monoisotopic (exact) mass is 266 g/mol. The summed E-state index contributed by atoms with van der Waals surface area (Å²) in [4.78, 5) is 8.10. The van der Waals surface area contributed by atoms with E-state index in [0.29, 0.717) is 0 Å². The summed E-state index contributed by atoms with van der Waals surface area (Å²) in [5.41, 5.74) is 2.21. The quantitative estimate of drug-likeness (QED) is 0.845. The highest BCUT2D eigenvalue weighted by Crippen LogP contribution is 2.31. The second kappa shape index (κ2) is 5.49. The van der Waals surface area contributed by atoms with Gasteiger partial charge in [-0.2, -0.15) is 0 Å². The van der Waals surface area contributed by atoms with Crippen LogP contribution in [-0.4, -0.2) is 17.1 Å². The van der Waals surface area contributed by atoms with E-state index in [1.165, 1.54) is 24.1 Å². The minimum absolute atomic E-state index is 0.319. The molecule has 0 saturated heterocycles. The Hall–Kier alpha value is -0.740. The zero-order chi connectivity index (χ0) is 13.2. The number of fused-ring (bicyclic) bond motifs is 1. The van der Waals surface area contributed by atoms with Crippen LogP contribution in [0.1, 0.15) is 56.6 Å². The lowest BCUT2D eigenvalue weighted by atomic mass is 9.93. The molecule has 0 fully saturated rings. The van der Waals surface area contributed by atoms with Crippen molar-refractivity contribution in [3.63, 3.8) is 0 Å². The first-order valence-corrected chi connectivity index (χ1v) is 7.25. The van der Waals surface area contributed by atoms with Gasteiger partial charge in [0.25, 0.3) is 0 Å². The Bertz CT molecular complexity index is 469. The molecule has 2 rings (SSSR count). The molecule has 1 heterocycles. The third-order valence-corrected chi connectivity index (χ3v) is 4.51. The Balaban J connectivity index is 2.52. The molecule has 1 N–H and O–H groups in total. The number of nitrogens with one attached hydrogen (secondary N) is 1. The summed E-state index contributed by atoms with van der Waals surface area (Å²) >= 11 is 5.45. The molecule has 0 atom stereocenters. The first-order chi connectivity index (χ1) is 8.66. The van der Waals surface area contributed by atoms with E-state index in [-0.39, 0.29) is 5.60 Å². The van der Waals surface area contributed by atoms with E-state index >= 15 is 0 Å². The van der Waals surface area contributed by atoms with Crippen LogP contribution in [0.25, 0.3) is 0 Å². The minimum atomic E-state index is -0.319. The fourth-order valence-corrected chi connectivity index (χ4v) is 3.12. The van der Waals surface area contributed by atoms with Gasteiger partial charge >= 0.3 is 0 Å². The van der Waals surface area contributed by atoms with Crippen molar-refractivity contribution in [2.75, 3.05) is 7.11 Å². The maximum Gasteiger partial charge on any atom is 0.140 e. The molecule has 0 saturated carbocycles. The number of nitrogens with zero attached hydrogens (tertiary/aromatic N) is 1. The van der Waals surface area contributed by atoms with Crippen LogP contribution in [0.15, 0.2) is 0 Å². The summed E-state index contributed by atoms with van der Waals surface area (Å²) in [6.45, 7) is 4.26. The highest BCUT2D eigenvalue weighted by molar-refractivity contribution is 7.71. The normalized spacial score (nSPS) is 15.5. The number of aryl methyl sites for hydroxylation is 1. The van der Waals surface area contributed by atoms with Crippen molar-refractivity contribution >= 4 is 12.2 Å². The number of hydrogen-bond donors (Lipinski definition) is 1. The summed E-state index contributed by atoms with van der Waals surface area (Å²) in [5.74, 6) is 0.903. The van der Waals surface area contributed by atoms with Crippen molar-refractivity contribution < 1.29 is 4.74 Å². The van der Waals surface area contributed by atoms with Gasteiger partial charge in [-0.05, 0) is 38.5 Å². The van der Waals surface area contributed by atoms with Gasteiger partial charge in [-0.1, -0.05) is 26.1 Å². The van der Waals surface area contributed by atoms with E-state index in [4.69, 9.17) is 17.0 Å². The van der Waals surface area contributed by atoms with Crippen LogP contribution < -0.4 is 0 Å². The first kappa shape index (κ1) is 13.7. The standard InChI is InChI=1S/C14H22N2OS/c1-4-14(5-2,17-3)13-15-11-9-7-6-8-10(11)12(18)16-13/h4-9H2,1-3H3,(H,15,16,18). The van der Waals surface area contributed by atoms with Gasteiger partial charge in [-0.25, -0.2) is 4.98 Å². The topological polar surface area (TPSA) is 37.9 Å². The molecule has 0 spiro atoms. The van der Waals surface area contributed by atoms with Gasteiger partial charge in [-0.15, -0.1) is 0 Å². The van der Waals surface area contributed by atoms with Gasteiger partial charge in [0, 0.05) is 18.4 Å². The second-order valence-corrected chi connectivity index (χ2v) is 5.35. The van der Waals surface area contributed by atoms with Crippen molar-refractivity contribution in [2.24, 2.45) is 0 Å². The van der Waals surface area contributed by atoms with Crippen molar-refractivity contribution in [1.29, 1.82) is 0 Å². The number of methoxy groups -OCH3 is 1. The smallest absolute Gasteiger partial charge is 0.140 e. The van der Waals surface area contributed by atoms with E-state index in [1.54, 1.807) is 7.11 Å². The molecular weight excluding hydrogens is 244 g/mol. The highest BCUT2D eigenvalue weighted by atomic mass is 32.1. The van der Waals surface area contributed by atoms with Gasteiger partial charge in [0.2, 0.25) is 0 Å². The van der Waals surface area contributed by atoms with Gasteiger partial charge in [0.1, 0.15) is 16.1 Å². The lowest BCUT2D eigenvalue weighted by Crippen LogP contribution is -2.30. The van der Waals surface area contributed by atoms with Gasteiger partial charge in [0.15, 0.2) is 0 Å². The fraction of sp³-hybridized carbons (Fsp3) is 0.714. The molecule has 0 bridgehead atoms. The van der Waals surface area contributed by atoms with Crippen molar-refractivity contribution in [3.05, 3.63) is 21.7 Å². The molecule has 1 aliphatic rings. The molecule has 1 aromatic rings. The zero-order valence-corrected chi connectivity index (χ0v) is 12.3. The zero-order valence-electron chi connectivity index (χ0n) is 11.5. The van der Waals surface area contributed by atoms with Crippen molar-refractivity contribution in [2.45, 2.75) is 58.0 Å². The maximum absolute atomic E-state index is 5.73. The van der Waals surface area contributed by atoms with Gasteiger partial charge < -0.3 is 9.72 Å². The predicted molar refractivity (Wildman–Crippen MR) is 75.3 cm³/mol. The average Bonchev–Trinajstić information content (AvgIpc) is 2.42. The predicted octanol–water partition coefficient (Wildman–Crippen LogP) is 3.68. The average molecular weight is 266 g/mol. The minimum Gasteiger partial charge on any atom is -0.370 e. The Morgan fingerprint density at radius 1 is 1.28 bits per heavy atom. The Morgan fingerprint density at radius 2 is 1.94 bits per heavy atom. The number of H-pyrrole nitrogens is 1. The first-order valence-electron chi connectivity index (χ1n) is 6.84. The van der Waals surface area contributed by atoms with E-state index < -0.39 is 0 Å². The molecular formula is C14H22N2OS. The van der Waals surface area contributed by atoms with E-state index in [0.717, 1.165) is 36.1 Å². The lowest BCUT2D eigenvalue weighted by molar-refractivity contribution is -0.0294. The third kappa shape index (κ3) is 2.24. The van der Waals surface area contributed by atoms with E-state index in [9.17, 15) is 0 Å².